The lowest BCUT2D eigenvalue weighted by atomic mass is 9.78. The van der Waals surface area contributed by atoms with Gasteiger partial charge in [-0.3, -0.25) is 0 Å². The van der Waals surface area contributed by atoms with Gasteiger partial charge in [-0.25, -0.2) is 0 Å². The van der Waals surface area contributed by atoms with Crippen molar-refractivity contribution in [2.75, 3.05) is 6.61 Å². The molecule has 0 saturated heterocycles. The first-order valence-electron chi connectivity index (χ1n) is 7.63. The summed E-state index contributed by atoms with van der Waals surface area (Å²) in [5.41, 5.74) is 2.80. The van der Waals surface area contributed by atoms with Gasteiger partial charge in [0.15, 0.2) is 0 Å². The molecule has 0 aromatic heterocycles. The Morgan fingerprint density at radius 1 is 1.11 bits per heavy atom. The van der Waals surface area contributed by atoms with Gasteiger partial charge in [-0.15, -0.1) is 0 Å². The molecule has 1 fully saturated rings. The molecule has 0 amide bonds. The van der Waals surface area contributed by atoms with E-state index in [1.54, 1.807) is 0 Å². The largest absolute Gasteiger partial charge is 0.377 e. The quantitative estimate of drug-likeness (QED) is 0.670. The first-order valence-corrected chi connectivity index (χ1v) is 7.63. The molecule has 1 saturated carbocycles. The zero-order valence-electron chi connectivity index (χ0n) is 12.3. The van der Waals surface area contributed by atoms with Crippen LogP contribution in [0.3, 0.4) is 0 Å². The second-order valence-corrected chi connectivity index (χ2v) is 5.52. The van der Waals surface area contributed by atoms with Crippen molar-refractivity contribution in [3.63, 3.8) is 0 Å². The summed E-state index contributed by atoms with van der Waals surface area (Å²) in [6.45, 7) is 5.70. The Bertz CT molecular complexity index is 383. The van der Waals surface area contributed by atoms with E-state index in [0.29, 0.717) is 0 Å². The van der Waals surface area contributed by atoms with Gasteiger partial charge >= 0.3 is 0 Å². The van der Waals surface area contributed by atoms with Crippen LogP contribution >= 0.6 is 0 Å². The van der Waals surface area contributed by atoms with Gasteiger partial charge in [-0.1, -0.05) is 36.4 Å². The van der Waals surface area contributed by atoms with E-state index in [4.69, 9.17) is 4.74 Å². The van der Waals surface area contributed by atoms with Crippen LogP contribution in [-0.4, -0.2) is 6.61 Å². The predicted octanol–water partition coefficient (Wildman–Crippen LogP) is 5.07. The third kappa shape index (κ3) is 4.21. The monoisotopic (exact) mass is 258 g/mol. The Morgan fingerprint density at radius 3 is 2.37 bits per heavy atom. The third-order valence-electron chi connectivity index (χ3n) is 4.16. The number of hydrogen-bond donors (Lipinski definition) is 0. The summed E-state index contributed by atoms with van der Waals surface area (Å²) in [7, 11) is 0. The lowest BCUT2D eigenvalue weighted by Crippen LogP contribution is -2.11. The van der Waals surface area contributed by atoms with Gasteiger partial charge in [0.2, 0.25) is 0 Å². The smallest absolute Gasteiger partial charge is 0.0716 e. The Labute approximate surface area is 117 Å². The second-order valence-electron chi connectivity index (χ2n) is 5.52. The highest BCUT2D eigenvalue weighted by atomic mass is 16.5. The topological polar surface area (TPSA) is 9.23 Å². The van der Waals surface area contributed by atoms with Crippen LogP contribution in [0.2, 0.25) is 0 Å². The minimum atomic E-state index is 0.741. The Balaban J connectivity index is 1.89. The Morgan fingerprint density at radius 2 is 1.79 bits per heavy atom. The summed E-state index contributed by atoms with van der Waals surface area (Å²) in [6.07, 6.45) is 9.93. The van der Waals surface area contributed by atoms with E-state index in [-0.39, 0.29) is 0 Å². The van der Waals surface area contributed by atoms with Gasteiger partial charge < -0.3 is 4.74 Å². The van der Waals surface area contributed by atoms with Crippen LogP contribution < -0.4 is 0 Å². The normalized spacial score (nSPS) is 23.9. The number of allylic oxidation sites excluding steroid dienone is 2. The van der Waals surface area contributed by atoms with Crippen molar-refractivity contribution >= 4 is 0 Å². The van der Waals surface area contributed by atoms with Gasteiger partial charge in [0.05, 0.1) is 6.61 Å². The molecule has 0 radical (unpaired) electrons. The van der Waals surface area contributed by atoms with E-state index in [1.165, 1.54) is 36.8 Å². The fourth-order valence-corrected chi connectivity index (χ4v) is 3.02. The highest BCUT2D eigenvalue weighted by Gasteiger charge is 2.20. The first-order chi connectivity index (χ1) is 9.33. The van der Waals surface area contributed by atoms with Gasteiger partial charge in [-0.05, 0) is 62.5 Å². The molecule has 1 aliphatic carbocycles. The van der Waals surface area contributed by atoms with Gasteiger partial charge in [0, 0.05) is 6.61 Å². The molecule has 0 heterocycles. The molecule has 0 aliphatic heterocycles. The maximum absolute atomic E-state index is 5.44. The van der Waals surface area contributed by atoms with Crippen LogP contribution in [-0.2, 0) is 11.3 Å². The summed E-state index contributed by atoms with van der Waals surface area (Å²) in [5, 5.41) is 0. The lowest BCUT2D eigenvalue weighted by Gasteiger charge is -2.27. The van der Waals surface area contributed by atoms with Gasteiger partial charge in [0.25, 0.3) is 0 Å². The van der Waals surface area contributed by atoms with Crippen LogP contribution in [0.4, 0.5) is 0 Å². The number of hydrogen-bond acceptors (Lipinski definition) is 1. The number of ether oxygens (including phenoxy) is 1. The molecule has 1 heteroatoms. The van der Waals surface area contributed by atoms with E-state index >= 15 is 0 Å². The molecule has 0 unspecified atom stereocenters. The zero-order valence-corrected chi connectivity index (χ0v) is 12.3. The van der Waals surface area contributed by atoms with Crippen LogP contribution in [0.5, 0.6) is 0 Å². The fourth-order valence-electron chi connectivity index (χ4n) is 3.02. The fraction of sp³-hybridized carbons (Fsp3) is 0.556. The average Bonchev–Trinajstić information content (AvgIpc) is 2.47. The number of benzene rings is 1. The summed E-state index contributed by atoms with van der Waals surface area (Å²) in [5.74, 6) is 1.58. The Hall–Kier alpha value is -1.08. The maximum Gasteiger partial charge on any atom is 0.0716 e. The van der Waals surface area contributed by atoms with Crippen LogP contribution in [0, 0.1) is 5.92 Å². The maximum atomic E-state index is 5.44. The molecule has 1 aromatic carbocycles. The van der Waals surface area contributed by atoms with Crippen molar-refractivity contribution in [1.29, 1.82) is 0 Å². The predicted molar refractivity (Wildman–Crippen MR) is 81.3 cm³/mol. The van der Waals surface area contributed by atoms with Crippen molar-refractivity contribution < 1.29 is 4.74 Å². The molecular formula is C18H26O. The second kappa shape index (κ2) is 7.49. The summed E-state index contributed by atoms with van der Waals surface area (Å²) in [6, 6.07) is 9.05. The molecule has 1 nitrogen and oxygen atoms in total. The standard InChI is InChI=1S/C18H26O/c1-3-5-15-6-10-17(11-7-15)18-12-8-16(9-13-18)14-19-4-2/h3,5,8-9,12-13,15,17H,4,6-7,10-11,14H2,1-2H3/b5-3-/t15-,17-. The van der Waals surface area contributed by atoms with Crippen LogP contribution in [0.25, 0.3) is 0 Å². The van der Waals surface area contributed by atoms with E-state index in [0.717, 1.165) is 25.0 Å². The molecule has 104 valence electrons. The van der Waals surface area contributed by atoms with Crippen molar-refractivity contribution in [2.45, 2.75) is 52.1 Å². The molecule has 0 N–H and O–H groups in total. The van der Waals surface area contributed by atoms with Crippen LogP contribution in [0.1, 0.15) is 56.6 Å². The highest BCUT2D eigenvalue weighted by Crippen LogP contribution is 2.36. The molecule has 0 atom stereocenters. The lowest BCUT2D eigenvalue weighted by molar-refractivity contribution is 0.134. The molecular weight excluding hydrogens is 232 g/mol. The van der Waals surface area contributed by atoms with Crippen molar-refractivity contribution in [3.05, 3.63) is 47.5 Å². The van der Waals surface area contributed by atoms with E-state index < -0.39 is 0 Å². The summed E-state index contributed by atoms with van der Waals surface area (Å²) < 4.78 is 5.44. The average molecular weight is 258 g/mol. The minimum absolute atomic E-state index is 0.741. The van der Waals surface area contributed by atoms with Crippen molar-refractivity contribution in [1.82, 2.24) is 0 Å². The van der Waals surface area contributed by atoms with Gasteiger partial charge in [0.1, 0.15) is 0 Å². The number of rotatable bonds is 5. The molecule has 2 rings (SSSR count). The molecule has 0 spiro atoms. The summed E-state index contributed by atoms with van der Waals surface area (Å²) >= 11 is 0. The molecule has 1 aliphatic rings. The highest BCUT2D eigenvalue weighted by molar-refractivity contribution is 5.25. The molecule has 19 heavy (non-hydrogen) atoms. The molecule has 1 aromatic rings. The third-order valence-corrected chi connectivity index (χ3v) is 4.16. The van der Waals surface area contributed by atoms with Crippen molar-refractivity contribution in [3.8, 4) is 0 Å². The van der Waals surface area contributed by atoms with Gasteiger partial charge in [-0.2, -0.15) is 0 Å². The summed E-state index contributed by atoms with van der Waals surface area (Å²) in [4.78, 5) is 0. The SMILES string of the molecule is C/C=C\[C@H]1CC[C@H](c2ccc(COCC)cc2)CC1. The Kier molecular flexibility index (Phi) is 5.65. The van der Waals surface area contributed by atoms with E-state index in [1.807, 2.05) is 6.92 Å². The molecule has 0 bridgehead atoms. The van der Waals surface area contributed by atoms with Crippen LogP contribution in [0.15, 0.2) is 36.4 Å². The first kappa shape index (κ1) is 14.3. The van der Waals surface area contributed by atoms with E-state index in [9.17, 15) is 0 Å². The van der Waals surface area contributed by atoms with E-state index in [2.05, 4.69) is 43.3 Å². The minimum Gasteiger partial charge on any atom is -0.377 e. The van der Waals surface area contributed by atoms with Crippen molar-refractivity contribution in [2.24, 2.45) is 5.92 Å². The zero-order chi connectivity index (χ0) is 13.5.